The van der Waals surface area contributed by atoms with E-state index in [9.17, 15) is 9.59 Å². The van der Waals surface area contributed by atoms with E-state index < -0.39 is 0 Å². The lowest BCUT2D eigenvalue weighted by molar-refractivity contribution is -0.146. The van der Waals surface area contributed by atoms with Crippen LogP contribution in [0.4, 0.5) is 0 Å². The Morgan fingerprint density at radius 2 is 1.89 bits per heavy atom. The fourth-order valence-corrected chi connectivity index (χ4v) is 1.84. The summed E-state index contributed by atoms with van der Waals surface area (Å²) in [5.74, 6) is -0.0385. The number of carbonyl (C=O) groups is 2. The Morgan fingerprint density at radius 3 is 2.33 bits per heavy atom. The molecule has 5 nitrogen and oxygen atoms in total. The summed E-state index contributed by atoms with van der Waals surface area (Å²) in [7, 11) is 3.24. The molecule has 0 aliphatic carbocycles. The molecule has 5 heteroatoms. The maximum Gasteiger partial charge on any atom is 0.323 e. The molecule has 0 aromatic rings. The topological polar surface area (TPSA) is 72.6 Å². The fraction of sp³-hybridized carbons (Fsp3) is 0.846. The number of hydrogen-bond acceptors (Lipinski definition) is 4. The zero-order valence-electron chi connectivity index (χ0n) is 11.9. The highest BCUT2D eigenvalue weighted by Gasteiger charge is 2.24. The molecule has 0 bridgehead atoms. The lowest BCUT2D eigenvalue weighted by atomic mass is 10.1. The van der Waals surface area contributed by atoms with Crippen molar-refractivity contribution >= 4 is 11.9 Å². The lowest BCUT2D eigenvalue weighted by Crippen LogP contribution is -2.40. The first-order valence-corrected chi connectivity index (χ1v) is 6.44. The molecule has 2 N–H and O–H groups in total. The summed E-state index contributed by atoms with van der Waals surface area (Å²) in [5, 5.41) is 0. The van der Waals surface area contributed by atoms with E-state index >= 15 is 0 Å². The molecule has 0 fully saturated rings. The van der Waals surface area contributed by atoms with Gasteiger partial charge in [0, 0.05) is 6.42 Å². The van der Waals surface area contributed by atoms with E-state index in [4.69, 9.17) is 10.5 Å². The van der Waals surface area contributed by atoms with E-state index in [2.05, 4.69) is 13.8 Å². The van der Waals surface area contributed by atoms with Crippen molar-refractivity contribution in [2.24, 2.45) is 11.7 Å². The third kappa shape index (κ3) is 7.27. The molecule has 0 aromatic carbocycles. The van der Waals surface area contributed by atoms with Crippen LogP contribution in [-0.2, 0) is 14.3 Å². The van der Waals surface area contributed by atoms with Crippen LogP contribution in [-0.4, -0.2) is 43.5 Å². The summed E-state index contributed by atoms with van der Waals surface area (Å²) < 4.78 is 4.76. The van der Waals surface area contributed by atoms with Crippen molar-refractivity contribution in [2.45, 2.75) is 45.6 Å². The van der Waals surface area contributed by atoms with Gasteiger partial charge in [0.05, 0.1) is 7.11 Å². The van der Waals surface area contributed by atoms with Crippen LogP contribution in [0.25, 0.3) is 0 Å². The van der Waals surface area contributed by atoms with Crippen LogP contribution in [0.3, 0.4) is 0 Å². The Balaban J connectivity index is 4.26. The Kier molecular flexibility index (Phi) is 8.37. The highest BCUT2D eigenvalue weighted by Crippen LogP contribution is 2.10. The van der Waals surface area contributed by atoms with Gasteiger partial charge >= 0.3 is 5.97 Å². The minimum absolute atomic E-state index is 0.203. The predicted octanol–water partition coefficient (Wildman–Crippen LogP) is 1.16. The number of rotatable bonds is 9. The molecule has 0 saturated heterocycles. The molecular weight excluding hydrogens is 232 g/mol. The first-order chi connectivity index (χ1) is 8.38. The van der Waals surface area contributed by atoms with Crippen molar-refractivity contribution in [3.05, 3.63) is 0 Å². The van der Waals surface area contributed by atoms with E-state index in [0.29, 0.717) is 12.3 Å². The van der Waals surface area contributed by atoms with Gasteiger partial charge in [0.2, 0.25) is 5.91 Å². The van der Waals surface area contributed by atoms with Crippen molar-refractivity contribution in [1.82, 2.24) is 4.90 Å². The normalized spacial score (nSPS) is 12.8. The zero-order chi connectivity index (χ0) is 14.1. The number of esters is 1. The molecule has 0 radical (unpaired) electrons. The summed E-state index contributed by atoms with van der Waals surface area (Å²) >= 11 is 0. The summed E-state index contributed by atoms with van der Waals surface area (Å²) in [5.41, 5.74) is 5.11. The molecule has 18 heavy (non-hydrogen) atoms. The van der Waals surface area contributed by atoms with E-state index in [1.165, 1.54) is 7.11 Å². The summed E-state index contributed by atoms with van der Waals surface area (Å²) in [6.45, 7) is 5.16. The van der Waals surface area contributed by atoms with Gasteiger partial charge in [-0.25, -0.2) is 0 Å². The number of hydrogen-bond donors (Lipinski definition) is 1. The Morgan fingerprint density at radius 1 is 1.28 bits per heavy atom. The van der Waals surface area contributed by atoms with Crippen LogP contribution in [0.5, 0.6) is 0 Å². The van der Waals surface area contributed by atoms with Crippen LogP contribution < -0.4 is 5.73 Å². The van der Waals surface area contributed by atoms with Crippen molar-refractivity contribution in [3.63, 3.8) is 0 Å². The fourth-order valence-electron chi connectivity index (χ4n) is 1.84. The van der Waals surface area contributed by atoms with Gasteiger partial charge in [0.15, 0.2) is 0 Å². The van der Waals surface area contributed by atoms with E-state index in [0.717, 1.165) is 19.4 Å². The van der Waals surface area contributed by atoms with Crippen LogP contribution in [0.2, 0.25) is 0 Å². The predicted molar refractivity (Wildman–Crippen MR) is 70.9 cm³/mol. The lowest BCUT2D eigenvalue weighted by Gasteiger charge is -2.25. The molecule has 0 rings (SSSR count). The smallest absolute Gasteiger partial charge is 0.323 e. The molecule has 0 aliphatic heterocycles. The van der Waals surface area contributed by atoms with Gasteiger partial charge in [0.1, 0.15) is 6.04 Å². The second-order valence-corrected chi connectivity index (χ2v) is 5.06. The largest absolute Gasteiger partial charge is 0.468 e. The maximum atomic E-state index is 11.6. The second kappa shape index (κ2) is 8.91. The standard InChI is InChI=1S/C13H26N2O3/c1-10(2)6-5-9-15(3)11(13(17)18-4)7-8-12(14)16/h10-11H,5-9H2,1-4H3,(H2,14,16). The quantitative estimate of drug-likeness (QED) is 0.630. The minimum atomic E-state index is -0.389. The molecule has 0 aliphatic rings. The maximum absolute atomic E-state index is 11.6. The number of carbonyl (C=O) groups excluding carboxylic acids is 2. The van der Waals surface area contributed by atoms with Crippen molar-refractivity contribution in [3.8, 4) is 0 Å². The molecule has 0 spiro atoms. The van der Waals surface area contributed by atoms with Crippen LogP contribution in [0.15, 0.2) is 0 Å². The molecular formula is C13H26N2O3. The van der Waals surface area contributed by atoms with Crippen LogP contribution >= 0.6 is 0 Å². The number of amides is 1. The number of nitrogens with zero attached hydrogens (tertiary/aromatic N) is 1. The number of ether oxygens (including phenoxy) is 1. The number of likely N-dealkylation sites (N-methyl/N-ethyl adjacent to an activating group) is 1. The first-order valence-electron chi connectivity index (χ1n) is 6.44. The third-order valence-corrected chi connectivity index (χ3v) is 2.96. The van der Waals surface area contributed by atoms with E-state index in [1.54, 1.807) is 0 Å². The Labute approximate surface area is 110 Å². The zero-order valence-corrected chi connectivity index (χ0v) is 11.9. The summed E-state index contributed by atoms with van der Waals surface area (Å²) in [4.78, 5) is 24.4. The molecule has 0 heterocycles. The van der Waals surface area contributed by atoms with Gasteiger partial charge in [-0.1, -0.05) is 13.8 Å². The van der Waals surface area contributed by atoms with Crippen LogP contribution in [0, 0.1) is 5.92 Å². The summed E-state index contributed by atoms with van der Waals surface area (Å²) in [6.07, 6.45) is 2.76. The van der Waals surface area contributed by atoms with Gasteiger partial charge in [-0.05, 0) is 38.8 Å². The molecule has 1 unspecified atom stereocenters. The number of methoxy groups -OCH3 is 1. The average molecular weight is 258 g/mol. The number of primary amides is 1. The SMILES string of the molecule is COC(=O)C(CCC(N)=O)N(C)CCCC(C)C. The molecule has 1 amide bonds. The molecule has 1 atom stereocenters. The van der Waals surface area contributed by atoms with Crippen molar-refractivity contribution < 1.29 is 14.3 Å². The number of nitrogens with two attached hydrogens (primary N) is 1. The molecule has 0 saturated carbocycles. The second-order valence-electron chi connectivity index (χ2n) is 5.06. The van der Waals surface area contributed by atoms with Gasteiger partial charge in [0.25, 0.3) is 0 Å². The van der Waals surface area contributed by atoms with E-state index in [-0.39, 0.29) is 24.3 Å². The first kappa shape index (κ1) is 16.9. The summed E-state index contributed by atoms with van der Waals surface area (Å²) in [6, 6.07) is -0.380. The molecule has 106 valence electrons. The monoisotopic (exact) mass is 258 g/mol. The Hall–Kier alpha value is -1.10. The van der Waals surface area contributed by atoms with Gasteiger partial charge < -0.3 is 10.5 Å². The minimum Gasteiger partial charge on any atom is -0.468 e. The third-order valence-electron chi connectivity index (χ3n) is 2.96. The van der Waals surface area contributed by atoms with Gasteiger partial charge in [-0.15, -0.1) is 0 Å². The Bertz CT molecular complexity index is 267. The highest BCUT2D eigenvalue weighted by atomic mass is 16.5. The van der Waals surface area contributed by atoms with Gasteiger partial charge in [-0.2, -0.15) is 0 Å². The van der Waals surface area contributed by atoms with Crippen molar-refractivity contribution in [2.75, 3.05) is 20.7 Å². The highest BCUT2D eigenvalue weighted by molar-refractivity contribution is 5.78. The van der Waals surface area contributed by atoms with Crippen LogP contribution in [0.1, 0.15) is 39.5 Å². The molecule has 0 aromatic heterocycles. The van der Waals surface area contributed by atoms with E-state index in [1.807, 2.05) is 11.9 Å². The van der Waals surface area contributed by atoms with Gasteiger partial charge in [-0.3, -0.25) is 14.5 Å². The average Bonchev–Trinajstić information content (AvgIpc) is 2.27. The van der Waals surface area contributed by atoms with Crippen molar-refractivity contribution in [1.29, 1.82) is 0 Å².